The van der Waals surface area contributed by atoms with Gasteiger partial charge in [0, 0.05) is 23.1 Å². The first kappa shape index (κ1) is 13.6. The fourth-order valence-corrected chi connectivity index (χ4v) is 1.81. The van der Waals surface area contributed by atoms with Gasteiger partial charge in [-0.25, -0.2) is 0 Å². The van der Waals surface area contributed by atoms with Crippen molar-refractivity contribution in [2.45, 2.75) is 0 Å². The van der Waals surface area contributed by atoms with Gasteiger partial charge in [0.1, 0.15) is 6.07 Å². The summed E-state index contributed by atoms with van der Waals surface area (Å²) in [6, 6.07) is 12.8. The van der Waals surface area contributed by atoms with E-state index < -0.39 is 0 Å². The zero-order chi connectivity index (χ0) is 14.5. The lowest BCUT2D eigenvalue weighted by molar-refractivity contribution is 0.355. The molecule has 5 nitrogen and oxygen atoms in total. The molecule has 2 aromatic carbocycles. The lowest BCUT2D eigenvalue weighted by atomic mass is 10.1. The second kappa shape index (κ2) is 5.85. The lowest BCUT2D eigenvalue weighted by Gasteiger charge is -2.11. The van der Waals surface area contributed by atoms with E-state index in [1.54, 1.807) is 26.4 Å². The first-order valence-electron chi connectivity index (χ1n) is 5.96. The fourth-order valence-electron chi connectivity index (χ4n) is 1.81. The Labute approximate surface area is 117 Å². The molecule has 0 saturated carbocycles. The lowest BCUT2D eigenvalue weighted by Crippen LogP contribution is -1.96. The van der Waals surface area contributed by atoms with E-state index in [1.807, 2.05) is 24.3 Å². The van der Waals surface area contributed by atoms with Gasteiger partial charge in [-0.05, 0) is 30.3 Å². The average Bonchev–Trinajstić information content (AvgIpc) is 2.49. The molecule has 0 spiro atoms. The maximum atomic E-state index is 8.97. The van der Waals surface area contributed by atoms with Gasteiger partial charge in [-0.1, -0.05) is 0 Å². The minimum atomic E-state index is 0.440. The summed E-state index contributed by atoms with van der Waals surface area (Å²) < 4.78 is 10.4. The van der Waals surface area contributed by atoms with E-state index in [0.717, 1.165) is 11.4 Å². The van der Waals surface area contributed by atoms with Gasteiger partial charge in [0.05, 0.1) is 19.8 Å². The van der Waals surface area contributed by atoms with Gasteiger partial charge in [0.25, 0.3) is 0 Å². The predicted octanol–water partition coefficient (Wildman–Crippen LogP) is 2.90. The Morgan fingerprint density at radius 2 is 1.65 bits per heavy atom. The Kier molecular flexibility index (Phi) is 3.96. The molecule has 0 unspecified atom stereocenters. The molecule has 0 atom stereocenters. The third-order valence-electron chi connectivity index (χ3n) is 2.85. The van der Waals surface area contributed by atoms with Crippen LogP contribution in [0, 0.1) is 11.3 Å². The van der Waals surface area contributed by atoms with Gasteiger partial charge in [0.15, 0.2) is 11.5 Å². The van der Waals surface area contributed by atoms with Gasteiger partial charge in [-0.3, -0.25) is 0 Å². The second-order valence-corrected chi connectivity index (χ2v) is 4.11. The number of nitriles is 1. The van der Waals surface area contributed by atoms with Crippen LogP contribution in [0.15, 0.2) is 36.4 Å². The van der Waals surface area contributed by atoms with Crippen LogP contribution in [0.5, 0.6) is 11.5 Å². The molecule has 0 aliphatic heterocycles. The van der Waals surface area contributed by atoms with Crippen molar-refractivity contribution >= 4 is 17.1 Å². The molecule has 102 valence electrons. The first-order chi connectivity index (χ1) is 9.67. The molecule has 0 amide bonds. The smallest absolute Gasteiger partial charge is 0.162 e. The standard InChI is InChI=1S/C15H15N3O2/c1-19-14-6-4-12(8-15(14)20-2)18-11-3-5-13(17)10(7-11)9-16/h3-8,18H,17H2,1-2H3. The number of nitrogens with zero attached hydrogens (tertiary/aromatic N) is 1. The quantitative estimate of drug-likeness (QED) is 0.834. The number of anilines is 3. The van der Waals surface area contributed by atoms with Crippen LogP contribution >= 0.6 is 0 Å². The van der Waals surface area contributed by atoms with Crippen molar-refractivity contribution in [1.82, 2.24) is 0 Å². The van der Waals surface area contributed by atoms with Crippen LogP contribution in [0.3, 0.4) is 0 Å². The van der Waals surface area contributed by atoms with Crippen LogP contribution in [-0.4, -0.2) is 14.2 Å². The monoisotopic (exact) mass is 269 g/mol. The van der Waals surface area contributed by atoms with Crippen molar-refractivity contribution in [3.63, 3.8) is 0 Å². The number of benzene rings is 2. The molecule has 0 radical (unpaired) electrons. The number of hydrogen-bond donors (Lipinski definition) is 2. The van der Waals surface area contributed by atoms with E-state index >= 15 is 0 Å². The topological polar surface area (TPSA) is 80.3 Å². The number of ether oxygens (including phenoxy) is 2. The summed E-state index contributed by atoms with van der Waals surface area (Å²) in [6.07, 6.45) is 0. The second-order valence-electron chi connectivity index (χ2n) is 4.11. The molecule has 20 heavy (non-hydrogen) atoms. The minimum Gasteiger partial charge on any atom is -0.493 e. The van der Waals surface area contributed by atoms with Crippen LogP contribution in [0.25, 0.3) is 0 Å². The van der Waals surface area contributed by atoms with Crippen LogP contribution < -0.4 is 20.5 Å². The number of hydrogen-bond acceptors (Lipinski definition) is 5. The molecule has 0 bridgehead atoms. The number of nitrogen functional groups attached to an aromatic ring is 1. The highest BCUT2D eigenvalue weighted by Gasteiger charge is 2.05. The molecular formula is C15H15N3O2. The van der Waals surface area contributed by atoms with Gasteiger partial charge in [-0.2, -0.15) is 5.26 Å². The molecular weight excluding hydrogens is 254 g/mol. The van der Waals surface area contributed by atoms with Gasteiger partial charge < -0.3 is 20.5 Å². The average molecular weight is 269 g/mol. The van der Waals surface area contributed by atoms with E-state index in [0.29, 0.717) is 22.7 Å². The Morgan fingerprint density at radius 3 is 2.30 bits per heavy atom. The highest BCUT2D eigenvalue weighted by molar-refractivity contribution is 5.68. The summed E-state index contributed by atoms with van der Waals surface area (Å²) in [4.78, 5) is 0. The Bertz CT molecular complexity index is 663. The fraction of sp³-hybridized carbons (Fsp3) is 0.133. The van der Waals surface area contributed by atoms with Crippen molar-refractivity contribution in [1.29, 1.82) is 5.26 Å². The molecule has 3 N–H and O–H groups in total. The highest BCUT2D eigenvalue weighted by atomic mass is 16.5. The van der Waals surface area contributed by atoms with E-state index in [9.17, 15) is 0 Å². The van der Waals surface area contributed by atoms with Crippen LogP contribution in [0.2, 0.25) is 0 Å². The number of rotatable bonds is 4. The molecule has 5 heteroatoms. The van der Waals surface area contributed by atoms with Crippen molar-refractivity contribution in [3.8, 4) is 17.6 Å². The molecule has 0 fully saturated rings. The van der Waals surface area contributed by atoms with Crippen molar-refractivity contribution in [3.05, 3.63) is 42.0 Å². The van der Waals surface area contributed by atoms with Crippen molar-refractivity contribution < 1.29 is 9.47 Å². The predicted molar refractivity (Wildman–Crippen MR) is 78.4 cm³/mol. The van der Waals surface area contributed by atoms with E-state index in [-0.39, 0.29) is 0 Å². The van der Waals surface area contributed by atoms with Crippen LogP contribution in [0.1, 0.15) is 5.56 Å². The molecule has 2 aromatic rings. The van der Waals surface area contributed by atoms with Crippen molar-refractivity contribution in [2.75, 3.05) is 25.3 Å². The van der Waals surface area contributed by atoms with Gasteiger partial charge in [-0.15, -0.1) is 0 Å². The third kappa shape index (κ3) is 2.75. The summed E-state index contributed by atoms with van der Waals surface area (Å²) in [5, 5.41) is 12.2. The summed E-state index contributed by atoms with van der Waals surface area (Å²) in [6.45, 7) is 0. The summed E-state index contributed by atoms with van der Waals surface area (Å²) >= 11 is 0. The number of methoxy groups -OCH3 is 2. The van der Waals surface area contributed by atoms with Gasteiger partial charge in [0.2, 0.25) is 0 Å². The first-order valence-corrected chi connectivity index (χ1v) is 5.96. The normalized spacial score (nSPS) is 9.65. The molecule has 0 heterocycles. The number of nitrogens with two attached hydrogens (primary N) is 1. The largest absolute Gasteiger partial charge is 0.493 e. The highest BCUT2D eigenvalue weighted by Crippen LogP contribution is 2.31. The maximum absolute atomic E-state index is 8.97. The van der Waals surface area contributed by atoms with Crippen LogP contribution in [-0.2, 0) is 0 Å². The SMILES string of the molecule is COc1ccc(Nc2ccc(N)c(C#N)c2)cc1OC. The zero-order valence-electron chi connectivity index (χ0n) is 11.3. The van der Waals surface area contributed by atoms with E-state index in [4.69, 9.17) is 20.5 Å². The zero-order valence-corrected chi connectivity index (χ0v) is 11.3. The van der Waals surface area contributed by atoms with E-state index in [1.165, 1.54) is 0 Å². The third-order valence-corrected chi connectivity index (χ3v) is 2.85. The molecule has 0 saturated heterocycles. The number of nitrogens with one attached hydrogen (secondary N) is 1. The molecule has 0 aromatic heterocycles. The summed E-state index contributed by atoms with van der Waals surface area (Å²) in [7, 11) is 3.17. The Morgan fingerprint density at radius 1 is 1.00 bits per heavy atom. The summed E-state index contributed by atoms with van der Waals surface area (Å²) in [5.74, 6) is 1.29. The van der Waals surface area contributed by atoms with Gasteiger partial charge >= 0.3 is 0 Å². The maximum Gasteiger partial charge on any atom is 0.162 e. The minimum absolute atomic E-state index is 0.440. The Hall–Kier alpha value is -2.87. The molecule has 0 aliphatic rings. The van der Waals surface area contributed by atoms with E-state index in [2.05, 4.69) is 11.4 Å². The van der Waals surface area contributed by atoms with Crippen molar-refractivity contribution in [2.24, 2.45) is 0 Å². The summed E-state index contributed by atoms with van der Waals surface area (Å²) in [5.41, 5.74) is 8.20. The van der Waals surface area contributed by atoms with Crippen LogP contribution in [0.4, 0.5) is 17.1 Å². The molecule has 0 aliphatic carbocycles. The molecule has 2 rings (SSSR count). The Balaban J connectivity index is 2.28.